The van der Waals surface area contributed by atoms with Crippen LogP contribution in [0, 0.1) is 6.92 Å². The number of nitrogens with zero attached hydrogens (tertiary/aromatic N) is 1. The monoisotopic (exact) mass is 367 g/mol. The Hall–Kier alpha value is -2.86. The fourth-order valence-electron chi connectivity index (χ4n) is 2.58. The van der Waals surface area contributed by atoms with Gasteiger partial charge in [0.2, 0.25) is 6.10 Å². The molecule has 2 aromatic carbocycles. The van der Waals surface area contributed by atoms with E-state index in [1.54, 1.807) is 12.1 Å². The van der Waals surface area contributed by atoms with Gasteiger partial charge in [-0.15, -0.1) is 11.3 Å². The maximum atomic E-state index is 12.2. The van der Waals surface area contributed by atoms with Crippen molar-refractivity contribution in [3.05, 3.63) is 65.2 Å². The Morgan fingerprint density at radius 3 is 2.77 bits per heavy atom. The molecule has 0 amide bonds. The fraction of sp³-hybridized carbons (Fsp3) is 0.200. The molecule has 1 aliphatic rings. The second kappa shape index (κ2) is 7.17. The van der Waals surface area contributed by atoms with Gasteiger partial charge in [0.15, 0.2) is 11.5 Å². The van der Waals surface area contributed by atoms with Crippen LogP contribution in [0.15, 0.2) is 53.9 Å². The zero-order chi connectivity index (χ0) is 17.9. The van der Waals surface area contributed by atoms with Crippen molar-refractivity contribution in [2.75, 3.05) is 6.61 Å². The van der Waals surface area contributed by atoms with E-state index in [1.807, 2.05) is 36.6 Å². The average molecular weight is 367 g/mol. The first-order valence-electron chi connectivity index (χ1n) is 8.25. The molecule has 0 saturated carbocycles. The number of esters is 1. The summed E-state index contributed by atoms with van der Waals surface area (Å²) in [6, 6.07) is 15.4. The number of carbonyl (C=O) groups excluding carboxylic acids is 1. The molecule has 0 aliphatic carbocycles. The summed E-state index contributed by atoms with van der Waals surface area (Å²) in [6.45, 7) is 2.30. The molecule has 132 valence electrons. The lowest BCUT2D eigenvalue weighted by atomic mass is 10.2. The molecular weight excluding hydrogens is 350 g/mol. The first-order chi connectivity index (χ1) is 12.7. The first-order valence-corrected chi connectivity index (χ1v) is 9.13. The Morgan fingerprint density at radius 2 is 1.96 bits per heavy atom. The molecule has 26 heavy (non-hydrogen) atoms. The van der Waals surface area contributed by atoms with E-state index in [1.165, 1.54) is 16.9 Å². The molecule has 2 heterocycles. The molecule has 6 heteroatoms. The summed E-state index contributed by atoms with van der Waals surface area (Å²) in [6.07, 6.45) is -0.764. The van der Waals surface area contributed by atoms with Gasteiger partial charge in [0.25, 0.3) is 0 Å². The van der Waals surface area contributed by atoms with Crippen LogP contribution in [-0.2, 0) is 16.1 Å². The number of ether oxygens (including phenoxy) is 3. The van der Waals surface area contributed by atoms with Crippen molar-refractivity contribution in [3.8, 4) is 22.1 Å². The zero-order valence-corrected chi connectivity index (χ0v) is 15.0. The largest absolute Gasteiger partial charge is 0.485 e. The molecule has 1 atom stereocenters. The van der Waals surface area contributed by atoms with Crippen LogP contribution in [0.25, 0.3) is 10.6 Å². The molecule has 0 unspecified atom stereocenters. The summed E-state index contributed by atoms with van der Waals surface area (Å²) in [7, 11) is 0. The van der Waals surface area contributed by atoms with Gasteiger partial charge in [-0.25, -0.2) is 9.78 Å². The van der Waals surface area contributed by atoms with Crippen LogP contribution >= 0.6 is 11.3 Å². The number of thiazole rings is 1. The van der Waals surface area contributed by atoms with Crippen molar-refractivity contribution in [1.82, 2.24) is 4.98 Å². The molecule has 0 bridgehead atoms. The Balaban J connectivity index is 1.36. The van der Waals surface area contributed by atoms with Crippen LogP contribution in [0.1, 0.15) is 11.3 Å². The van der Waals surface area contributed by atoms with Gasteiger partial charge in [0, 0.05) is 10.9 Å². The molecular formula is C20H17NO4S. The van der Waals surface area contributed by atoms with E-state index in [4.69, 9.17) is 14.2 Å². The van der Waals surface area contributed by atoms with E-state index >= 15 is 0 Å². The molecule has 0 radical (unpaired) electrons. The number of para-hydroxylation sites is 2. The average Bonchev–Trinajstić information content (AvgIpc) is 3.15. The van der Waals surface area contributed by atoms with Gasteiger partial charge in [0.05, 0.1) is 5.69 Å². The number of fused-ring (bicyclic) bond motifs is 1. The SMILES string of the molecule is Cc1ccc(-c2nc(COC(=O)[C@@H]3COc4ccccc4O3)cs2)cc1. The lowest BCUT2D eigenvalue weighted by Crippen LogP contribution is -2.37. The van der Waals surface area contributed by atoms with Gasteiger partial charge in [-0.3, -0.25) is 0 Å². The maximum absolute atomic E-state index is 12.2. The number of aryl methyl sites for hydroxylation is 1. The summed E-state index contributed by atoms with van der Waals surface area (Å²) in [5, 5.41) is 2.80. The summed E-state index contributed by atoms with van der Waals surface area (Å²) in [5.74, 6) is 0.735. The first kappa shape index (κ1) is 16.6. The summed E-state index contributed by atoms with van der Waals surface area (Å²) >= 11 is 1.53. The van der Waals surface area contributed by atoms with Crippen molar-refractivity contribution >= 4 is 17.3 Å². The molecule has 1 aromatic heterocycles. The van der Waals surface area contributed by atoms with Crippen molar-refractivity contribution in [1.29, 1.82) is 0 Å². The van der Waals surface area contributed by atoms with Crippen LogP contribution in [-0.4, -0.2) is 23.7 Å². The van der Waals surface area contributed by atoms with Crippen molar-refractivity contribution in [2.45, 2.75) is 19.6 Å². The van der Waals surface area contributed by atoms with Crippen LogP contribution < -0.4 is 9.47 Å². The highest BCUT2D eigenvalue weighted by molar-refractivity contribution is 7.13. The predicted molar refractivity (Wildman–Crippen MR) is 98.4 cm³/mol. The van der Waals surface area contributed by atoms with Crippen LogP contribution in [0.2, 0.25) is 0 Å². The minimum Gasteiger partial charge on any atom is -0.485 e. The van der Waals surface area contributed by atoms with Gasteiger partial charge in [0.1, 0.15) is 18.2 Å². The minimum absolute atomic E-state index is 0.114. The smallest absolute Gasteiger partial charge is 0.351 e. The summed E-state index contributed by atoms with van der Waals surface area (Å²) in [5.41, 5.74) is 2.98. The summed E-state index contributed by atoms with van der Waals surface area (Å²) in [4.78, 5) is 16.8. The van der Waals surface area contributed by atoms with Gasteiger partial charge < -0.3 is 14.2 Å². The molecule has 1 aliphatic heterocycles. The zero-order valence-electron chi connectivity index (χ0n) is 14.2. The van der Waals surface area contributed by atoms with Gasteiger partial charge in [-0.05, 0) is 19.1 Å². The fourth-order valence-corrected chi connectivity index (χ4v) is 3.39. The third-order valence-electron chi connectivity index (χ3n) is 3.98. The lowest BCUT2D eigenvalue weighted by molar-refractivity contribution is -0.156. The maximum Gasteiger partial charge on any atom is 0.351 e. The number of hydrogen-bond acceptors (Lipinski definition) is 6. The minimum atomic E-state index is -0.764. The van der Waals surface area contributed by atoms with E-state index in [9.17, 15) is 4.79 Å². The van der Waals surface area contributed by atoms with Crippen LogP contribution in [0.3, 0.4) is 0 Å². The van der Waals surface area contributed by atoms with Gasteiger partial charge in [-0.2, -0.15) is 0 Å². The molecule has 4 rings (SSSR count). The van der Waals surface area contributed by atoms with E-state index in [0.29, 0.717) is 11.5 Å². The second-order valence-electron chi connectivity index (χ2n) is 5.98. The Morgan fingerprint density at radius 1 is 1.19 bits per heavy atom. The lowest BCUT2D eigenvalue weighted by Gasteiger charge is -2.24. The molecule has 5 nitrogen and oxygen atoms in total. The van der Waals surface area contributed by atoms with Crippen LogP contribution in [0.5, 0.6) is 11.5 Å². The van der Waals surface area contributed by atoms with Gasteiger partial charge in [-0.1, -0.05) is 42.0 Å². The Bertz CT molecular complexity index is 920. The topological polar surface area (TPSA) is 57.7 Å². The highest BCUT2D eigenvalue weighted by Gasteiger charge is 2.28. The van der Waals surface area contributed by atoms with Crippen molar-refractivity contribution < 1.29 is 19.0 Å². The van der Waals surface area contributed by atoms with E-state index in [-0.39, 0.29) is 13.2 Å². The number of hydrogen-bond donors (Lipinski definition) is 0. The third-order valence-corrected chi connectivity index (χ3v) is 4.92. The molecule has 0 fully saturated rings. The Kier molecular flexibility index (Phi) is 4.58. The third kappa shape index (κ3) is 3.55. The molecule has 0 N–H and O–H groups in total. The second-order valence-corrected chi connectivity index (χ2v) is 6.84. The Labute approximate surface area is 155 Å². The van der Waals surface area contributed by atoms with Gasteiger partial charge >= 0.3 is 5.97 Å². The van der Waals surface area contributed by atoms with E-state index in [2.05, 4.69) is 17.1 Å². The number of aromatic nitrogens is 1. The molecule has 3 aromatic rings. The van der Waals surface area contributed by atoms with Crippen molar-refractivity contribution in [2.24, 2.45) is 0 Å². The number of carbonyl (C=O) groups is 1. The normalized spacial score (nSPS) is 15.5. The number of benzene rings is 2. The highest BCUT2D eigenvalue weighted by atomic mass is 32.1. The van der Waals surface area contributed by atoms with Crippen LogP contribution in [0.4, 0.5) is 0 Å². The van der Waals surface area contributed by atoms with Crippen molar-refractivity contribution in [3.63, 3.8) is 0 Å². The van der Waals surface area contributed by atoms with E-state index < -0.39 is 12.1 Å². The summed E-state index contributed by atoms with van der Waals surface area (Å²) < 4.78 is 16.5. The highest BCUT2D eigenvalue weighted by Crippen LogP contribution is 2.31. The molecule has 0 spiro atoms. The molecule has 0 saturated heterocycles. The predicted octanol–water partition coefficient (Wildman–Crippen LogP) is 4.00. The van der Waals surface area contributed by atoms with E-state index in [0.717, 1.165) is 16.3 Å². The number of rotatable bonds is 4. The quantitative estimate of drug-likeness (QED) is 0.652. The standard InChI is InChI=1S/C20H17NO4S/c1-13-6-8-14(9-7-13)19-21-15(12-26-19)10-24-20(22)18-11-23-16-4-2-3-5-17(16)25-18/h2-9,12,18H,10-11H2,1H3/t18-/m0/s1.